The summed E-state index contributed by atoms with van der Waals surface area (Å²) in [5.74, 6) is 0. The lowest BCUT2D eigenvalue weighted by Crippen LogP contribution is -2.31. The highest BCUT2D eigenvalue weighted by molar-refractivity contribution is 4.70. The summed E-state index contributed by atoms with van der Waals surface area (Å²) in [5.41, 5.74) is 0. The zero-order valence-electron chi connectivity index (χ0n) is 8.52. The first-order chi connectivity index (χ1) is 6.86. The van der Waals surface area contributed by atoms with Crippen LogP contribution in [0.2, 0.25) is 0 Å². The van der Waals surface area contributed by atoms with E-state index in [4.69, 9.17) is 10.00 Å². The Hall–Kier alpha value is -1.34. The monoisotopic (exact) mass is 194 g/mol. The number of imidazole rings is 1. The Labute approximate surface area is 84.3 Å². The van der Waals surface area contributed by atoms with Crippen LogP contribution in [0.3, 0.4) is 0 Å². The first-order valence-electron chi connectivity index (χ1n) is 4.77. The maximum absolute atomic E-state index is 8.36. The summed E-state index contributed by atoms with van der Waals surface area (Å²) in [4.78, 5) is 0. The van der Waals surface area contributed by atoms with E-state index in [1.165, 1.54) is 0 Å². The van der Waals surface area contributed by atoms with Crippen LogP contribution in [0, 0.1) is 11.3 Å². The Morgan fingerprint density at radius 1 is 1.50 bits per heavy atom. The van der Waals surface area contributed by atoms with Gasteiger partial charge in [-0.15, -0.1) is 0 Å². The molecule has 0 radical (unpaired) electrons. The second-order valence-corrected chi connectivity index (χ2v) is 3.20. The molecule has 1 rings (SSSR count). The maximum atomic E-state index is 8.36. The number of nitrogens with zero attached hydrogens (tertiary/aromatic N) is 3. The number of nitriles is 1. The molecular weight excluding hydrogens is 178 g/mol. The zero-order valence-corrected chi connectivity index (χ0v) is 8.52. The maximum Gasteiger partial charge on any atom is 0.245 e. The Morgan fingerprint density at radius 2 is 2.36 bits per heavy atom. The van der Waals surface area contributed by atoms with Crippen molar-refractivity contribution in [3.05, 3.63) is 18.7 Å². The lowest BCUT2D eigenvalue weighted by molar-refractivity contribution is -0.730. The van der Waals surface area contributed by atoms with Gasteiger partial charge in [0.1, 0.15) is 12.4 Å². The number of hydrogen-bond donors (Lipinski definition) is 0. The van der Waals surface area contributed by atoms with Crippen molar-refractivity contribution < 1.29 is 9.30 Å². The molecule has 14 heavy (non-hydrogen) atoms. The summed E-state index contributed by atoms with van der Waals surface area (Å²) in [6, 6.07) is 2.15. The van der Waals surface area contributed by atoms with Crippen molar-refractivity contribution in [1.29, 1.82) is 5.26 Å². The highest BCUT2D eigenvalue weighted by Crippen LogP contribution is 1.97. The largest absolute Gasteiger partial charge is 0.345 e. The minimum absolute atomic E-state index is 0.588. The standard InChI is InChI=1S/C10H16N3O/c1-14-10-13-8-7-12(9-13)6-4-2-3-5-11/h7-9H,2-4,6,10H2,1H3/q+1. The summed E-state index contributed by atoms with van der Waals surface area (Å²) in [5, 5.41) is 8.36. The van der Waals surface area contributed by atoms with Crippen LogP contribution in [0.1, 0.15) is 19.3 Å². The smallest absolute Gasteiger partial charge is 0.245 e. The molecular formula is C10H16N3O+. The van der Waals surface area contributed by atoms with E-state index in [-0.39, 0.29) is 0 Å². The summed E-state index contributed by atoms with van der Waals surface area (Å²) < 4.78 is 9.07. The molecule has 0 fully saturated rings. The SMILES string of the molecule is COC[n+]1ccn(CCCCC#N)c1. The van der Waals surface area contributed by atoms with Gasteiger partial charge in [0, 0.05) is 13.5 Å². The fourth-order valence-electron chi connectivity index (χ4n) is 1.29. The Kier molecular flexibility index (Phi) is 4.73. The van der Waals surface area contributed by atoms with Gasteiger partial charge < -0.3 is 4.74 Å². The molecule has 1 aromatic heterocycles. The summed E-state index contributed by atoms with van der Waals surface area (Å²) in [6.45, 7) is 1.56. The van der Waals surface area contributed by atoms with Gasteiger partial charge in [-0.1, -0.05) is 0 Å². The molecule has 0 unspecified atom stereocenters. The Bertz CT molecular complexity index is 301. The molecule has 0 aliphatic rings. The van der Waals surface area contributed by atoms with Gasteiger partial charge in [0.05, 0.1) is 12.6 Å². The van der Waals surface area contributed by atoms with Crippen molar-refractivity contribution in [3.8, 4) is 6.07 Å². The minimum Gasteiger partial charge on any atom is -0.345 e. The van der Waals surface area contributed by atoms with Crippen molar-refractivity contribution in [1.82, 2.24) is 4.57 Å². The molecule has 1 aromatic rings. The molecule has 0 spiro atoms. The molecule has 4 nitrogen and oxygen atoms in total. The molecule has 4 heteroatoms. The number of ether oxygens (including phenoxy) is 1. The predicted molar refractivity (Wildman–Crippen MR) is 51.1 cm³/mol. The van der Waals surface area contributed by atoms with Crippen molar-refractivity contribution in [2.24, 2.45) is 0 Å². The van der Waals surface area contributed by atoms with Gasteiger partial charge in [0.2, 0.25) is 6.33 Å². The highest BCUT2D eigenvalue weighted by atomic mass is 16.5. The lowest BCUT2D eigenvalue weighted by atomic mass is 10.2. The Morgan fingerprint density at radius 3 is 3.07 bits per heavy atom. The van der Waals surface area contributed by atoms with Gasteiger partial charge in [-0.2, -0.15) is 5.26 Å². The molecule has 0 aliphatic heterocycles. The van der Waals surface area contributed by atoms with Crippen LogP contribution in [0.15, 0.2) is 18.7 Å². The van der Waals surface area contributed by atoms with Crippen LogP contribution in [0.5, 0.6) is 0 Å². The van der Waals surface area contributed by atoms with Gasteiger partial charge in [-0.25, -0.2) is 9.13 Å². The van der Waals surface area contributed by atoms with E-state index in [2.05, 4.69) is 10.6 Å². The molecule has 0 amide bonds. The molecule has 0 atom stereocenters. The van der Waals surface area contributed by atoms with Crippen LogP contribution >= 0.6 is 0 Å². The zero-order chi connectivity index (χ0) is 10.2. The summed E-state index contributed by atoms with van der Waals surface area (Å²) >= 11 is 0. The van der Waals surface area contributed by atoms with E-state index in [1.807, 2.05) is 23.3 Å². The minimum atomic E-state index is 0.588. The second kappa shape index (κ2) is 6.17. The highest BCUT2D eigenvalue weighted by Gasteiger charge is 2.01. The molecule has 1 heterocycles. The summed E-state index contributed by atoms with van der Waals surface area (Å²) in [7, 11) is 1.68. The first-order valence-corrected chi connectivity index (χ1v) is 4.77. The van der Waals surface area contributed by atoms with Crippen molar-refractivity contribution in [2.45, 2.75) is 32.5 Å². The van der Waals surface area contributed by atoms with E-state index in [9.17, 15) is 0 Å². The van der Waals surface area contributed by atoms with Gasteiger partial charge in [0.25, 0.3) is 0 Å². The number of rotatable bonds is 6. The van der Waals surface area contributed by atoms with E-state index >= 15 is 0 Å². The number of methoxy groups -OCH3 is 1. The third-order valence-corrected chi connectivity index (χ3v) is 1.98. The fraction of sp³-hybridized carbons (Fsp3) is 0.600. The van der Waals surface area contributed by atoms with Crippen molar-refractivity contribution in [2.75, 3.05) is 7.11 Å². The average Bonchev–Trinajstić information content (AvgIpc) is 2.61. The molecule has 0 saturated heterocycles. The van der Waals surface area contributed by atoms with Gasteiger partial charge in [0.15, 0.2) is 6.73 Å². The van der Waals surface area contributed by atoms with Gasteiger partial charge in [-0.05, 0) is 12.8 Å². The first kappa shape index (κ1) is 10.7. The number of hydrogen-bond acceptors (Lipinski definition) is 2. The van der Waals surface area contributed by atoms with Crippen molar-refractivity contribution >= 4 is 0 Å². The van der Waals surface area contributed by atoms with E-state index in [0.29, 0.717) is 13.2 Å². The van der Waals surface area contributed by atoms with Crippen molar-refractivity contribution in [3.63, 3.8) is 0 Å². The molecule has 0 bridgehead atoms. The third kappa shape index (κ3) is 3.58. The predicted octanol–water partition coefficient (Wildman–Crippen LogP) is 1.07. The third-order valence-electron chi connectivity index (χ3n) is 1.98. The number of aryl methyl sites for hydroxylation is 1. The van der Waals surface area contributed by atoms with Gasteiger partial charge in [-0.3, -0.25) is 0 Å². The summed E-state index contributed by atoms with van der Waals surface area (Å²) in [6.07, 6.45) is 8.68. The van der Waals surface area contributed by atoms with Crippen LogP contribution in [-0.2, 0) is 18.0 Å². The van der Waals surface area contributed by atoms with E-state index in [0.717, 1.165) is 19.4 Å². The van der Waals surface area contributed by atoms with Crippen LogP contribution in [0.25, 0.3) is 0 Å². The fourth-order valence-corrected chi connectivity index (χ4v) is 1.29. The van der Waals surface area contributed by atoms with Crippen LogP contribution < -0.4 is 4.57 Å². The topological polar surface area (TPSA) is 41.8 Å². The molecule has 0 aromatic carbocycles. The van der Waals surface area contributed by atoms with Crippen LogP contribution in [0.4, 0.5) is 0 Å². The van der Waals surface area contributed by atoms with Gasteiger partial charge >= 0.3 is 0 Å². The van der Waals surface area contributed by atoms with E-state index in [1.54, 1.807) is 7.11 Å². The van der Waals surface area contributed by atoms with Crippen LogP contribution in [-0.4, -0.2) is 11.7 Å². The Balaban J connectivity index is 2.26. The number of unbranched alkanes of at least 4 members (excludes halogenated alkanes) is 2. The number of aromatic nitrogens is 2. The van der Waals surface area contributed by atoms with E-state index < -0.39 is 0 Å². The second-order valence-electron chi connectivity index (χ2n) is 3.20. The molecule has 76 valence electrons. The normalized spacial score (nSPS) is 10.0. The molecule has 0 saturated carbocycles. The molecule has 0 aliphatic carbocycles. The molecule has 0 N–H and O–H groups in total. The quantitative estimate of drug-likeness (QED) is 0.502. The average molecular weight is 194 g/mol. The lowest BCUT2D eigenvalue weighted by Gasteiger charge is -1.94.